The molecule has 0 aliphatic heterocycles. The number of benzene rings is 2. The molecule has 4 aromatic rings. The van der Waals surface area contributed by atoms with E-state index in [2.05, 4.69) is 10.3 Å². The molecule has 1 N–H and O–H groups in total. The molecule has 0 unspecified atom stereocenters. The SMILES string of the molecule is CC(=O)c1ccc(NC(=O)COC(=O)c2cc(-c3ccc(C)o3)nc3ccccc23)cc1. The largest absolute Gasteiger partial charge is 0.460 e. The molecule has 0 saturated heterocycles. The van der Waals surface area contributed by atoms with Gasteiger partial charge in [0.05, 0.1) is 11.1 Å². The summed E-state index contributed by atoms with van der Waals surface area (Å²) in [5.41, 5.74) is 2.44. The van der Waals surface area contributed by atoms with E-state index in [9.17, 15) is 14.4 Å². The number of nitrogens with one attached hydrogen (secondary N) is 1. The van der Waals surface area contributed by atoms with E-state index in [-0.39, 0.29) is 5.78 Å². The van der Waals surface area contributed by atoms with Crippen LogP contribution in [0, 0.1) is 6.92 Å². The number of ketones is 1. The molecule has 0 saturated carbocycles. The van der Waals surface area contributed by atoms with Crippen molar-refractivity contribution in [3.63, 3.8) is 0 Å². The molecule has 0 aliphatic carbocycles. The van der Waals surface area contributed by atoms with E-state index in [4.69, 9.17) is 9.15 Å². The van der Waals surface area contributed by atoms with E-state index >= 15 is 0 Å². The Hall–Kier alpha value is -4.26. The van der Waals surface area contributed by atoms with Gasteiger partial charge in [-0.2, -0.15) is 0 Å². The number of ether oxygens (including phenoxy) is 1. The van der Waals surface area contributed by atoms with Crippen LogP contribution in [0.5, 0.6) is 0 Å². The first-order chi connectivity index (χ1) is 15.4. The van der Waals surface area contributed by atoms with E-state index < -0.39 is 18.5 Å². The van der Waals surface area contributed by atoms with E-state index in [1.165, 1.54) is 6.92 Å². The number of hydrogen-bond donors (Lipinski definition) is 1. The van der Waals surface area contributed by atoms with Crippen molar-refractivity contribution in [1.82, 2.24) is 4.98 Å². The van der Waals surface area contributed by atoms with Crippen LogP contribution in [-0.2, 0) is 9.53 Å². The van der Waals surface area contributed by atoms with Crippen LogP contribution >= 0.6 is 0 Å². The second-order valence-electron chi connectivity index (χ2n) is 7.24. The number of para-hydroxylation sites is 1. The molecule has 0 fully saturated rings. The Morgan fingerprint density at radius 3 is 2.44 bits per heavy atom. The predicted molar refractivity (Wildman–Crippen MR) is 120 cm³/mol. The van der Waals surface area contributed by atoms with Gasteiger partial charge in [-0.1, -0.05) is 18.2 Å². The average molecular weight is 428 g/mol. The Bertz CT molecular complexity index is 1320. The summed E-state index contributed by atoms with van der Waals surface area (Å²) in [7, 11) is 0. The van der Waals surface area contributed by atoms with Crippen LogP contribution in [0.3, 0.4) is 0 Å². The summed E-state index contributed by atoms with van der Waals surface area (Å²) < 4.78 is 10.9. The van der Waals surface area contributed by atoms with Gasteiger partial charge in [0.25, 0.3) is 5.91 Å². The molecule has 7 heteroatoms. The van der Waals surface area contributed by atoms with Gasteiger partial charge in [-0.05, 0) is 62.4 Å². The fourth-order valence-corrected chi connectivity index (χ4v) is 3.24. The number of aromatic nitrogens is 1. The zero-order valence-corrected chi connectivity index (χ0v) is 17.5. The standard InChI is InChI=1S/C25H20N2O5/c1-15-7-12-23(32-15)22-13-20(19-5-3-4-6-21(19)27-22)25(30)31-14-24(29)26-18-10-8-17(9-11-18)16(2)28/h3-13H,14H2,1-2H3,(H,26,29). The molecule has 0 spiro atoms. The normalized spacial score (nSPS) is 10.7. The van der Waals surface area contributed by atoms with E-state index in [1.54, 1.807) is 54.6 Å². The summed E-state index contributed by atoms with van der Waals surface area (Å²) in [6.07, 6.45) is 0. The maximum Gasteiger partial charge on any atom is 0.339 e. The van der Waals surface area contributed by atoms with Gasteiger partial charge in [0.1, 0.15) is 11.5 Å². The average Bonchev–Trinajstić information content (AvgIpc) is 3.23. The third-order valence-corrected chi connectivity index (χ3v) is 4.84. The number of nitrogens with zero attached hydrogens (tertiary/aromatic N) is 1. The summed E-state index contributed by atoms with van der Waals surface area (Å²) >= 11 is 0. The second-order valence-corrected chi connectivity index (χ2v) is 7.24. The minimum absolute atomic E-state index is 0.0644. The topological polar surface area (TPSA) is 98.5 Å². The molecule has 0 radical (unpaired) electrons. The lowest BCUT2D eigenvalue weighted by Gasteiger charge is -2.10. The summed E-state index contributed by atoms with van der Waals surface area (Å²) in [5.74, 6) is 0.0657. The lowest BCUT2D eigenvalue weighted by atomic mass is 10.1. The number of esters is 1. The lowest BCUT2D eigenvalue weighted by Crippen LogP contribution is -2.21. The number of hydrogen-bond acceptors (Lipinski definition) is 6. The highest BCUT2D eigenvalue weighted by Crippen LogP contribution is 2.26. The third kappa shape index (κ3) is 4.57. The smallest absolute Gasteiger partial charge is 0.339 e. The zero-order valence-electron chi connectivity index (χ0n) is 17.5. The molecule has 4 rings (SSSR count). The van der Waals surface area contributed by atoms with Gasteiger partial charge < -0.3 is 14.5 Å². The molecule has 2 heterocycles. The summed E-state index contributed by atoms with van der Waals surface area (Å²) in [6.45, 7) is 2.83. The number of carbonyl (C=O) groups is 3. The number of Topliss-reactive ketones (excluding diaryl/α,β-unsaturated/α-hetero) is 1. The third-order valence-electron chi connectivity index (χ3n) is 4.84. The molecule has 160 valence electrons. The number of rotatable bonds is 6. The van der Waals surface area contributed by atoms with Gasteiger partial charge in [-0.15, -0.1) is 0 Å². The van der Waals surface area contributed by atoms with Gasteiger partial charge in [-0.25, -0.2) is 9.78 Å². The van der Waals surface area contributed by atoms with Gasteiger partial charge in [0.15, 0.2) is 18.2 Å². The molecule has 0 aliphatic rings. The highest BCUT2D eigenvalue weighted by molar-refractivity contribution is 6.05. The Morgan fingerprint density at radius 2 is 1.75 bits per heavy atom. The van der Waals surface area contributed by atoms with Crippen LogP contribution in [0.25, 0.3) is 22.4 Å². The van der Waals surface area contributed by atoms with Crippen molar-refractivity contribution >= 4 is 34.3 Å². The van der Waals surface area contributed by atoms with Crippen molar-refractivity contribution in [2.45, 2.75) is 13.8 Å². The Kier molecular flexibility index (Phi) is 5.81. The Morgan fingerprint density at radius 1 is 1.00 bits per heavy atom. The van der Waals surface area contributed by atoms with E-state index in [1.807, 2.05) is 19.1 Å². The predicted octanol–water partition coefficient (Wildman–Crippen LogP) is 4.80. The van der Waals surface area contributed by atoms with Crippen molar-refractivity contribution in [3.8, 4) is 11.5 Å². The van der Waals surface area contributed by atoms with Gasteiger partial charge in [-0.3, -0.25) is 9.59 Å². The highest BCUT2D eigenvalue weighted by atomic mass is 16.5. The van der Waals surface area contributed by atoms with Crippen molar-refractivity contribution in [2.24, 2.45) is 0 Å². The maximum absolute atomic E-state index is 12.8. The van der Waals surface area contributed by atoms with Crippen molar-refractivity contribution in [3.05, 3.63) is 83.6 Å². The van der Waals surface area contributed by atoms with Gasteiger partial charge >= 0.3 is 5.97 Å². The lowest BCUT2D eigenvalue weighted by molar-refractivity contribution is -0.119. The van der Waals surface area contributed by atoms with Crippen LogP contribution in [0.15, 0.2) is 71.1 Å². The number of carbonyl (C=O) groups excluding carboxylic acids is 3. The monoisotopic (exact) mass is 428 g/mol. The molecule has 0 bridgehead atoms. The zero-order chi connectivity index (χ0) is 22.7. The van der Waals surface area contributed by atoms with Crippen LogP contribution in [-0.4, -0.2) is 29.3 Å². The van der Waals surface area contributed by atoms with Crippen molar-refractivity contribution in [2.75, 3.05) is 11.9 Å². The van der Waals surface area contributed by atoms with Crippen molar-refractivity contribution in [1.29, 1.82) is 0 Å². The summed E-state index contributed by atoms with van der Waals surface area (Å²) in [6, 6.07) is 18.9. The minimum atomic E-state index is -0.643. The number of furan rings is 1. The number of aryl methyl sites for hydroxylation is 1. The summed E-state index contributed by atoms with van der Waals surface area (Å²) in [4.78, 5) is 41.0. The first-order valence-corrected chi connectivity index (χ1v) is 9.95. The fourth-order valence-electron chi connectivity index (χ4n) is 3.24. The van der Waals surface area contributed by atoms with Gasteiger partial charge in [0, 0.05) is 16.6 Å². The van der Waals surface area contributed by atoms with Crippen LogP contribution in [0.1, 0.15) is 33.4 Å². The quantitative estimate of drug-likeness (QED) is 0.350. The number of amides is 1. The second kappa shape index (κ2) is 8.85. The van der Waals surface area contributed by atoms with E-state index in [0.29, 0.717) is 39.2 Å². The van der Waals surface area contributed by atoms with Crippen LogP contribution < -0.4 is 5.32 Å². The number of pyridine rings is 1. The molecule has 0 atom stereocenters. The Labute approximate surface area is 184 Å². The molecule has 32 heavy (non-hydrogen) atoms. The van der Waals surface area contributed by atoms with Gasteiger partial charge in [0.2, 0.25) is 0 Å². The van der Waals surface area contributed by atoms with Crippen LogP contribution in [0.4, 0.5) is 5.69 Å². The van der Waals surface area contributed by atoms with Crippen molar-refractivity contribution < 1.29 is 23.5 Å². The number of fused-ring (bicyclic) bond motifs is 1. The Balaban J connectivity index is 1.50. The first-order valence-electron chi connectivity index (χ1n) is 9.95. The first kappa shape index (κ1) is 21.0. The number of anilines is 1. The highest BCUT2D eigenvalue weighted by Gasteiger charge is 2.17. The molecule has 7 nitrogen and oxygen atoms in total. The molecule has 2 aromatic carbocycles. The molecule has 1 amide bonds. The van der Waals surface area contributed by atoms with Crippen LogP contribution in [0.2, 0.25) is 0 Å². The summed E-state index contributed by atoms with van der Waals surface area (Å²) in [5, 5.41) is 3.25. The maximum atomic E-state index is 12.8. The molecular formula is C25H20N2O5. The minimum Gasteiger partial charge on any atom is -0.460 e. The fraction of sp³-hybridized carbons (Fsp3) is 0.120. The molecule has 2 aromatic heterocycles. The molecular weight excluding hydrogens is 408 g/mol. The van der Waals surface area contributed by atoms with E-state index in [0.717, 1.165) is 5.76 Å².